The van der Waals surface area contributed by atoms with E-state index < -0.39 is 9.84 Å². The summed E-state index contributed by atoms with van der Waals surface area (Å²) in [4.78, 5) is 16.8. The largest absolute Gasteiger partial charge is 0.335 e. The van der Waals surface area contributed by atoms with E-state index in [2.05, 4.69) is 25.0 Å². The van der Waals surface area contributed by atoms with Crippen molar-refractivity contribution in [1.29, 1.82) is 0 Å². The summed E-state index contributed by atoms with van der Waals surface area (Å²) in [5.74, 6) is 0.386. The highest BCUT2D eigenvalue weighted by molar-refractivity contribution is 7.90. The monoisotopic (exact) mass is 476 g/mol. The van der Waals surface area contributed by atoms with E-state index in [1.54, 1.807) is 16.8 Å². The van der Waals surface area contributed by atoms with E-state index in [9.17, 15) is 12.8 Å². The van der Waals surface area contributed by atoms with Crippen LogP contribution in [0, 0.1) is 5.82 Å². The molecule has 34 heavy (non-hydrogen) atoms. The molecule has 0 bridgehead atoms. The highest BCUT2D eigenvalue weighted by atomic mass is 32.2. The Kier molecular flexibility index (Phi) is 5.66. The lowest BCUT2D eigenvalue weighted by Crippen LogP contribution is -2.07. The highest BCUT2D eigenvalue weighted by Gasteiger charge is 2.20. The van der Waals surface area contributed by atoms with E-state index in [1.807, 2.05) is 36.5 Å². The quantitative estimate of drug-likeness (QED) is 0.379. The molecule has 0 aliphatic heterocycles. The molecule has 1 N–H and O–H groups in total. The molecular formula is C24H21FN6O2S. The van der Waals surface area contributed by atoms with Gasteiger partial charge in [-0.2, -0.15) is 5.10 Å². The van der Waals surface area contributed by atoms with Gasteiger partial charge in [-0.05, 0) is 30.7 Å². The van der Waals surface area contributed by atoms with E-state index >= 15 is 0 Å². The first-order chi connectivity index (χ1) is 16.4. The molecule has 0 aliphatic carbocycles. The second kappa shape index (κ2) is 8.79. The smallest absolute Gasteiger partial charge is 0.181 e. The van der Waals surface area contributed by atoms with Crippen molar-refractivity contribution in [1.82, 2.24) is 29.7 Å². The third-order valence-corrected chi connectivity index (χ3v) is 6.40. The number of aromatic nitrogens is 6. The van der Waals surface area contributed by atoms with E-state index in [-0.39, 0.29) is 11.6 Å². The van der Waals surface area contributed by atoms with Crippen molar-refractivity contribution in [2.75, 3.05) is 12.0 Å². The highest BCUT2D eigenvalue weighted by Crippen LogP contribution is 2.34. The number of rotatable bonds is 7. The van der Waals surface area contributed by atoms with Crippen LogP contribution in [0.4, 0.5) is 4.39 Å². The van der Waals surface area contributed by atoms with Gasteiger partial charge in [0.05, 0.1) is 5.75 Å². The Morgan fingerprint density at radius 2 is 1.74 bits per heavy atom. The number of halogens is 1. The van der Waals surface area contributed by atoms with E-state index in [4.69, 9.17) is 0 Å². The molecule has 0 spiro atoms. The second-order valence-electron chi connectivity index (χ2n) is 8.02. The first kappa shape index (κ1) is 21.9. The van der Waals surface area contributed by atoms with Crippen LogP contribution in [0.15, 0.2) is 67.1 Å². The Balaban J connectivity index is 1.61. The van der Waals surface area contributed by atoms with Crippen LogP contribution >= 0.6 is 0 Å². The zero-order valence-electron chi connectivity index (χ0n) is 18.3. The van der Waals surface area contributed by atoms with Crippen LogP contribution in [-0.4, -0.2) is 50.1 Å². The Bertz CT molecular complexity index is 1560. The number of hydrogen-bond acceptors (Lipinski definition) is 6. The average molecular weight is 477 g/mol. The number of aryl methyl sites for hydroxylation is 1. The summed E-state index contributed by atoms with van der Waals surface area (Å²) in [6.07, 6.45) is 4.91. The summed E-state index contributed by atoms with van der Waals surface area (Å²) in [5.41, 5.74) is 4.72. The van der Waals surface area contributed by atoms with E-state index in [1.165, 1.54) is 24.7 Å². The van der Waals surface area contributed by atoms with Gasteiger partial charge < -0.3 is 4.98 Å². The van der Waals surface area contributed by atoms with Gasteiger partial charge in [-0.3, -0.25) is 4.68 Å². The van der Waals surface area contributed by atoms with Crippen molar-refractivity contribution >= 4 is 21.0 Å². The topological polar surface area (TPSA) is 106 Å². The number of sulfone groups is 1. The molecule has 0 unspecified atom stereocenters. The number of hydrogen-bond donors (Lipinski definition) is 1. The average Bonchev–Trinajstić information content (AvgIpc) is 3.44. The fourth-order valence-electron chi connectivity index (χ4n) is 3.78. The molecule has 3 heterocycles. The van der Waals surface area contributed by atoms with Crippen molar-refractivity contribution in [3.05, 3.63) is 72.9 Å². The lowest BCUT2D eigenvalue weighted by atomic mass is 10.1. The standard InChI is InChI=1S/C24H21FN6O2S/c1-34(32,33)13-5-12-31-14-19(20(30-31)16-8-10-18(25)11-9-16)21-22-24(27-15-26-21)29-23(28-22)17-6-3-2-4-7-17/h2-4,6-11,14-15H,5,12-13H2,1H3,(H,26,27,28,29). The summed E-state index contributed by atoms with van der Waals surface area (Å²) >= 11 is 0. The van der Waals surface area contributed by atoms with Crippen molar-refractivity contribution < 1.29 is 12.8 Å². The van der Waals surface area contributed by atoms with Crippen LogP contribution in [0.3, 0.4) is 0 Å². The van der Waals surface area contributed by atoms with Gasteiger partial charge in [-0.1, -0.05) is 30.3 Å². The molecule has 0 amide bonds. The first-order valence-corrected chi connectivity index (χ1v) is 12.7. The van der Waals surface area contributed by atoms with E-state index in [0.717, 1.165) is 5.56 Å². The maximum Gasteiger partial charge on any atom is 0.181 e. The second-order valence-corrected chi connectivity index (χ2v) is 10.3. The molecule has 0 aliphatic rings. The molecule has 8 nitrogen and oxygen atoms in total. The molecule has 5 aromatic rings. The first-order valence-electron chi connectivity index (χ1n) is 10.6. The Morgan fingerprint density at radius 3 is 2.47 bits per heavy atom. The van der Waals surface area contributed by atoms with Gasteiger partial charge in [-0.25, -0.2) is 27.8 Å². The van der Waals surface area contributed by atoms with Crippen molar-refractivity contribution in [3.63, 3.8) is 0 Å². The van der Waals surface area contributed by atoms with Gasteiger partial charge in [0.15, 0.2) is 5.65 Å². The Labute approximate surface area is 195 Å². The lowest BCUT2D eigenvalue weighted by molar-refractivity contribution is 0.577. The summed E-state index contributed by atoms with van der Waals surface area (Å²) in [5, 5.41) is 4.68. The summed E-state index contributed by atoms with van der Waals surface area (Å²) < 4.78 is 38.3. The molecule has 2 aromatic carbocycles. The Hall–Kier alpha value is -3.92. The number of benzene rings is 2. The van der Waals surface area contributed by atoms with Crippen molar-refractivity contribution in [2.45, 2.75) is 13.0 Å². The number of fused-ring (bicyclic) bond motifs is 1. The molecule has 3 aromatic heterocycles. The zero-order valence-corrected chi connectivity index (χ0v) is 19.1. The minimum Gasteiger partial charge on any atom is -0.335 e. The molecule has 172 valence electrons. The molecule has 0 radical (unpaired) electrons. The van der Waals surface area contributed by atoms with Gasteiger partial charge >= 0.3 is 0 Å². The lowest BCUT2D eigenvalue weighted by Gasteiger charge is -2.03. The fraction of sp³-hybridized carbons (Fsp3) is 0.167. The van der Waals surface area contributed by atoms with Gasteiger partial charge in [-0.15, -0.1) is 0 Å². The zero-order chi connectivity index (χ0) is 23.7. The predicted octanol–water partition coefficient (Wildman–Crippen LogP) is 4.12. The van der Waals surface area contributed by atoms with Crippen LogP contribution < -0.4 is 0 Å². The summed E-state index contributed by atoms with van der Waals surface area (Å²) in [7, 11) is -3.08. The number of aromatic amines is 1. The fourth-order valence-corrected chi connectivity index (χ4v) is 4.44. The maximum atomic E-state index is 13.6. The molecule has 0 saturated heterocycles. The van der Waals surface area contributed by atoms with Crippen LogP contribution in [0.5, 0.6) is 0 Å². The van der Waals surface area contributed by atoms with Gasteiger partial charge in [0.25, 0.3) is 0 Å². The van der Waals surface area contributed by atoms with Gasteiger partial charge in [0.2, 0.25) is 0 Å². The summed E-state index contributed by atoms with van der Waals surface area (Å²) in [6.45, 7) is 0.410. The minimum atomic E-state index is -3.08. The molecule has 0 saturated carbocycles. The molecule has 0 fully saturated rings. The number of nitrogens with one attached hydrogen (secondary N) is 1. The third-order valence-electron chi connectivity index (χ3n) is 5.37. The van der Waals surface area contributed by atoms with Crippen molar-refractivity contribution in [2.24, 2.45) is 0 Å². The van der Waals surface area contributed by atoms with Gasteiger partial charge in [0.1, 0.15) is 44.7 Å². The van der Waals surface area contributed by atoms with E-state index in [0.29, 0.717) is 52.5 Å². The molecule has 5 rings (SSSR count). The third kappa shape index (κ3) is 4.58. The molecule has 0 atom stereocenters. The minimum absolute atomic E-state index is 0.0623. The number of nitrogens with zero attached hydrogens (tertiary/aromatic N) is 5. The SMILES string of the molecule is CS(=O)(=O)CCCn1cc(-c2ncnc3nc(-c4ccccc4)[nH]c23)c(-c2ccc(F)cc2)n1. The number of imidazole rings is 1. The van der Waals surface area contributed by atoms with Crippen LogP contribution in [0.2, 0.25) is 0 Å². The number of H-pyrrole nitrogens is 1. The predicted molar refractivity (Wildman–Crippen MR) is 128 cm³/mol. The van der Waals surface area contributed by atoms with Crippen LogP contribution in [0.1, 0.15) is 6.42 Å². The van der Waals surface area contributed by atoms with Gasteiger partial charge in [0, 0.05) is 35.7 Å². The normalized spacial score (nSPS) is 11.8. The van der Waals surface area contributed by atoms with Crippen LogP contribution in [-0.2, 0) is 16.4 Å². The van der Waals surface area contributed by atoms with Crippen molar-refractivity contribution in [3.8, 4) is 33.9 Å². The Morgan fingerprint density at radius 1 is 0.971 bits per heavy atom. The summed E-state index contributed by atoms with van der Waals surface area (Å²) in [6, 6.07) is 15.8. The molecular weight excluding hydrogens is 455 g/mol. The molecule has 10 heteroatoms. The van der Waals surface area contributed by atoms with Crippen LogP contribution in [0.25, 0.3) is 45.1 Å². The maximum absolute atomic E-state index is 13.6.